The first kappa shape index (κ1) is 17.9. The Morgan fingerprint density at radius 3 is 2.63 bits per heavy atom. The standard InChI is InChI=1S/C18H24N6O3/c1-22-4-6-23(7-5-22)14-9-24(10-15(14)25)16-12-8-11(17(26)27)2-3-13(12)20-18(19)21-16/h2-3,8,14-15,25H,4-7,9-10H2,1H3,(H,26,27)(H2,19,20,21)/t14-,15-/m1/s1. The van der Waals surface area contributed by atoms with Crippen LogP contribution in [0, 0.1) is 0 Å². The molecular formula is C18H24N6O3. The maximum atomic E-state index is 11.4. The number of aliphatic hydroxyl groups is 1. The van der Waals surface area contributed by atoms with Gasteiger partial charge in [-0.2, -0.15) is 4.98 Å². The molecule has 4 rings (SSSR count). The van der Waals surface area contributed by atoms with Crippen molar-refractivity contribution in [3.05, 3.63) is 23.8 Å². The third-order valence-corrected chi connectivity index (χ3v) is 5.51. The molecule has 2 aliphatic rings. The fourth-order valence-corrected chi connectivity index (χ4v) is 3.96. The Morgan fingerprint density at radius 2 is 1.93 bits per heavy atom. The Kier molecular flexibility index (Phi) is 4.58. The summed E-state index contributed by atoms with van der Waals surface area (Å²) >= 11 is 0. The highest BCUT2D eigenvalue weighted by atomic mass is 16.4. The van der Waals surface area contributed by atoms with Crippen LogP contribution >= 0.6 is 0 Å². The second-order valence-corrected chi connectivity index (χ2v) is 7.32. The lowest BCUT2D eigenvalue weighted by Gasteiger charge is -2.37. The molecule has 2 saturated heterocycles. The molecule has 0 unspecified atom stereocenters. The minimum absolute atomic E-state index is 0.0209. The molecule has 0 saturated carbocycles. The first-order chi connectivity index (χ1) is 12.9. The number of rotatable bonds is 3. The Balaban J connectivity index is 1.65. The number of nitrogen functional groups attached to an aromatic ring is 1. The van der Waals surface area contributed by atoms with E-state index in [0.717, 1.165) is 26.2 Å². The van der Waals surface area contributed by atoms with E-state index in [4.69, 9.17) is 5.73 Å². The molecule has 0 spiro atoms. The fourth-order valence-electron chi connectivity index (χ4n) is 3.96. The van der Waals surface area contributed by atoms with Gasteiger partial charge in [-0.15, -0.1) is 0 Å². The van der Waals surface area contributed by atoms with E-state index in [1.807, 2.05) is 4.90 Å². The summed E-state index contributed by atoms with van der Waals surface area (Å²) in [5.41, 5.74) is 6.64. The van der Waals surface area contributed by atoms with Gasteiger partial charge in [0.2, 0.25) is 5.95 Å². The highest BCUT2D eigenvalue weighted by Gasteiger charge is 2.37. The number of carbonyl (C=O) groups is 1. The van der Waals surface area contributed by atoms with Crippen molar-refractivity contribution in [2.24, 2.45) is 0 Å². The summed E-state index contributed by atoms with van der Waals surface area (Å²) in [7, 11) is 2.10. The summed E-state index contributed by atoms with van der Waals surface area (Å²) in [6.45, 7) is 4.85. The third kappa shape index (κ3) is 3.41. The molecule has 9 heteroatoms. The topological polar surface area (TPSA) is 119 Å². The van der Waals surface area contributed by atoms with Gasteiger partial charge in [0.25, 0.3) is 0 Å². The molecule has 1 aromatic carbocycles. The molecule has 2 atom stereocenters. The second-order valence-electron chi connectivity index (χ2n) is 7.32. The monoisotopic (exact) mass is 372 g/mol. The van der Waals surface area contributed by atoms with Gasteiger partial charge in [-0.25, -0.2) is 9.78 Å². The van der Waals surface area contributed by atoms with Crippen LogP contribution in [0.25, 0.3) is 10.9 Å². The maximum absolute atomic E-state index is 11.4. The van der Waals surface area contributed by atoms with E-state index in [0.29, 0.717) is 29.8 Å². The van der Waals surface area contributed by atoms with Gasteiger partial charge >= 0.3 is 5.97 Å². The number of piperazine rings is 1. The van der Waals surface area contributed by atoms with Gasteiger partial charge in [-0.3, -0.25) is 4.90 Å². The number of aromatic carboxylic acids is 1. The number of nitrogens with two attached hydrogens (primary N) is 1. The fraction of sp³-hybridized carbons (Fsp3) is 0.500. The third-order valence-electron chi connectivity index (χ3n) is 5.51. The average Bonchev–Trinajstić information content (AvgIpc) is 3.02. The molecule has 27 heavy (non-hydrogen) atoms. The van der Waals surface area contributed by atoms with E-state index in [9.17, 15) is 15.0 Å². The Labute approximate surface area is 157 Å². The van der Waals surface area contributed by atoms with E-state index < -0.39 is 12.1 Å². The molecule has 144 valence electrons. The number of carboxylic acid groups (broad SMARTS) is 1. The van der Waals surface area contributed by atoms with Crippen molar-refractivity contribution in [1.29, 1.82) is 0 Å². The van der Waals surface area contributed by atoms with Crippen LogP contribution in [0.5, 0.6) is 0 Å². The number of fused-ring (bicyclic) bond motifs is 1. The summed E-state index contributed by atoms with van der Waals surface area (Å²) in [5, 5.41) is 20.6. The van der Waals surface area contributed by atoms with E-state index >= 15 is 0 Å². The molecule has 0 aliphatic carbocycles. The van der Waals surface area contributed by atoms with Gasteiger partial charge in [0.05, 0.1) is 23.2 Å². The largest absolute Gasteiger partial charge is 0.478 e. The zero-order valence-corrected chi connectivity index (χ0v) is 15.2. The van der Waals surface area contributed by atoms with Gasteiger partial charge in [-0.1, -0.05) is 0 Å². The van der Waals surface area contributed by atoms with Crippen LogP contribution < -0.4 is 10.6 Å². The number of aliphatic hydroxyl groups excluding tert-OH is 1. The van der Waals surface area contributed by atoms with Crippen LogP contribution in [-0.4, -0.2) is 94.4 Å². The van der Waals surface area contributed by atoms with Crippen LogP contribution in [0.3, 0.4) is 0 Å². The van der Waals surface area contributed by atoms with Gasteiger partial charge in [0.1, 0.15) is 5.82 Å². The summed E-state index contributed by atoms with van der Waals surface area (Å²) in [6.07, 6.45) is -0.498. The number of β-amino-alcohol motifs (C(OH)–C–C–N with tert-alkyl or cyclic N) is 1. The highest BCUT2D eigenvalue weighted by Crippen LogP contribution is 2.30. The Hall–Kier alpha value is -2.49. The lowest BCUT2D eigenvalue weighted by Crippen LogP contribution is -2.52. The molecule has 3 heterocycles. The molecule has 1 aromatic heterocycles. The highest BCUT2D eigenvalue weighted by molar-refractivity contribution is 5.97. The Morgan fingerprint density at radius 1 is 1.19 bits per heavy atom. The number of anilines is 2. The summed E-state index contributed by atoms with van der Waals surface area (Å²) in [5.74, 6) is -0.286. The van der Waals surface area contributed by atoms with Crippen molar-refractivity contribution in [2.45, 2.75) is 12.1 Å². The number of hydrogen-bond acceptors (Lipinski definition) is 8. The Bertz CT molecular complexity index is 868. The molecule has 2 aromatic rings. The molecule has 9 nitrogen and oxygen atoms in total. The van der Waals surface area contributed by atoms with Crippen molar-refractivity contribution >= 4 is 28.6 Å². The summed E-state index contributed by atoms with van der Waals surface area (Å²) < 4.78 is 0. The van der Waals surface area contributed by atoms with Crippen molar-refractivity contribution in [1.82, 2.24) is 19.8 Å². The number of nitrogens with zero attached hydrogens (tertiary/aromatic N) is 5. The number of benzene rings is 1. The van der Waals surface area contributed by atoms with E-state index in [1.54, 1.807) is 12.1 Å². The van der Waals surface area contributed by atoms with Crippen molar-refractivity contribution in [2.75, 3.05) is 56.9 Å². The predicted octanol–water partition coefficient (Wildman–Crippen LogP) is -0.293. The lowest BCUT2D eigenvalue weighted by atomic mass is 10.1. The van der Waals surface area contributed by atoms with E-state index in [2.05, 4.69) is 26.8 Å². The molecule has 2 aliphatic heterocycles. The summed E-state index contributed by atoms with van der Waals surface area (Å²) in [6, 6.07) is 4.74. The number of aromatic nitrogens is 2. The first-order valence-electron chi connectivity index (χ1n) is 9.08. The van der Waals surface area contributed by atoms with Gasteiger partial charge in [-0.05, 0) is 25.2 Å². The van der Waals surface area contributed by atoms with Gasteiger partial charge in [0, 0.05) is 44.7 Å². The lowest BCUT2D eigenvalue weighted by molar-refractivity contribution is 0.0512. The maximum Gasteiger partial charge on any atom is 0.335 e. The van der Waals surface area contributed by atoms with E-state index in [1.165, 1.54) is 6.07 Å². The second kappa shape index (κ2) is 6.91. The first-order valence-corrected chi connectivity index (χ1v) is 9.08. The summed E-state index contributed by atoms with van der Waals surface area (Å²) in [4.78, 5) is 26.5. The SMILES string of the molecule is CN1CCN([C@@H]2CN(c3nc(N)nc4ccc(C(=O)O)cc34)C[C@H]2O)CC1. The van der Waals surface area contributed by atoms with Crippen LogP contribution in [0.15, 0.2) is 18.2 Å². The minimum Gasteiger partial charge on any atom is -0.478 e. The van der Waals surface area contributed by atoms with Crippen LogP contribution in [0.4, 0.5) is 11.8 Å². The van der Waals surface area contributed by atoms with Crippen molar-refractivity contribution in [3.63, 3.8) is 0 Å². The smallest absolute Gasteiger partial charge is 0.335 e. The number of likely N-dealkylation sites (N-methyl/N-ethyl adjacent to an activating group) is 1. The zero-order valence-electron chi connectivity index (χ0n) is 15.2. The van der Waals surface area contributed by atoms with E-state index in [-0.39, 0.29) is 17.6 Å². The van der Waals surface area contributed by atoms with Crippen molar-refractivity contribution in [3.8, 4) is 0 Å². The normalized spacial score (nSPS) is 24.6. The predicted molar refractivity (Wildman–Crippen MR) is 102 cm³/mol. The molecule has 0 amide bonds. The van der Waals surface area contributed by atoms with Crippen LogP contribution in [0.2, 0.25) is 0 Å². The number of carboxylic acids is 1. The molecule has 2 fully saturated rings. The van der Waals surface area contributed by atoms with Gasteiger partial charge in [0.15, 0.2) is 0 Å². The van der Waals surface area contributed by atoms with Crippen LogP contribution in [0.1, 0.15) is 10.4 Å². The molecule has 0 radical (unpaired) electrons. The zero-order chi connectivity index (χ0) is 19.1. The molecule has 4 N–H and O–H groups in total. The van der Waals surface area contributed by atoms with Crippen LogP contribution in [-0.2, 0) is 0 Å². The number of hydrogen-bond donors (Lipinski definition) is 3. The minimum atomic E-state index is -1.00. The quantitative estimate of drug-likeness (QED) is 0.667. The van der Waals surface area contributed by atoms with Gasteiger partial charge < -0.3 is 25.7 Å². The molecule has 0 bridgehead atoms. The average molecular weight is 372 g/mol. The molecular weight excluding hydrogens is 348 g/mol. The van der Waals surface area contributed by atoms with Crippen molar-refractivity contribution < 1.29 is 15.0 Å².